The molecule has 5 heteroatoms. The summed E-state index contributed by atoms with van der Waals surface area (Å²) in [5, 5.41) is -0.0872. The van der Waals surface area contributed by atoms with Crippen molar-refractivity contribution < 1.29 is 19.4 Å². The topological polar surface area (TPSA) is 52.6 Å². The van der Waals surface area contributed by atoms with Crippen LogP contribution in [0.3, 0.4) is 0 Å². The zero-order valence-corrected chi connectivity index (χ0v) is 9.95. The van der Waals surface area contributed by atoms with Crippen molar-refractivity contribution in [3.8, 4) is 0 Å². The van der Waals surface area contributed by atoms with Gasteiger partial charge in [0.15, 0.2) is 6.26 Å². The molecule has 2 rings (SSSR count). The molecule has 1 aliphatic rings. The number of hydrogen-bond donors (Lipinski definition) is 0. The van der Waals surface area contributed by atoms with Gasteiger partial charge in [-0.3, -0.25) is 14.6 Å². The van der Waals surface area contributed by atoms with Crippen LogP contribution in [0.25, 0.3) is 5.57 Å². The van der Waals surface area contributed by atoms with Gasteiger partial charge in [0.2, 0.25) is 5.12 Å². The summed E-state index contributed by atoms with van der Waals surface area (Å²) < 4.78 is 0. The van der Waals surface area contributed by atoms with Crippen LogP contribution in [0.5, 0.6) is 0 Å². The van der Waals surface area contributed by atoms with Gasteiger partial charge in [-0.1, -0.05) is 36.0 Å². The molecule has 0 unspecified atom stereocenters. The number of thioether (sulfide) groups is 1. The Morgan fingerprint density at radius 2 is 2.18 bits per heavy atom. The summed E-state index contributed by atoms with van der Waals surface area (Å²) in [4.78, 5) is 31.2. The van der Waals surface area contributed by atoms with Crippen LogP contribution in [0.15, 0.2) is 30.5 Å². The molecule has 0 spiro atoms. The summed E-state index contributed by atoms with van der Waals surface area (Å²) in [5.41, 5.74) is 2.30. The second kappa shape index (κ2) is 5.05. The lowest BCUT2D eigenvalue weighted by atomic mass is 10.0. The molecule has 0 N–H and O–H groups in total. The molecule has 17 heavy (non-hydrogen) atoms. The van der Waals surface area contributed by atoms with Crippen LogP contribution in [0.2, 0.25) is 0 Å². The zero-order chi connectivity index (χ0) is 12.3. The number of hydrogen-bond acceptors (Lipinski definition) is 5. The van der Waals surface area contributed by atoms with E-state index < -0.39 is 5.97 Å². The Morgan fingerprint density at radius 3 is 2.94 bits per heavy atom. The maximum absolute atomic E-state index is 11.7. The minimum Gasteiger partial charge on any atom is -0.294 e. The van der Waals surface area contributed by atoms with Gasteiger partial charge in [0.25, 0.3) is 0 Å². The third-order valence-electron chi connectivity index (χ3n) is 2.22. The van der Waals surface area contributed by atoms with E-state index in [-0.39, 0.29) is 5.12 Å². The quantitative estimate of drug-likeness (QED) is 0.349. The first-order chi connectivity index (χ1) is 8.18. The molecular formula is C12H10O4S. The summed E-state index contributed by atoms with van der Waals surface area (Å²) >= 11 is 1.20. The van der Waals surface area contributed by atoms with Crippen molar-refractivity contribution in [1.29, 1.82) is 0 Å². The minimum absolute atomic E-state index is 0.0872. The molecule has 0 radical (unpaired) electrons. The molecule has 0 aliphatic carbocycles. The highest BCUT2D eigenvalue weighted by atomic mass is 32.2. The predicted octanol–water partition coefficient (Wildman–Crippen LogP) is 2.30. The molecule has 0 amide bonds. The summed E-state index contributed by atoms with van der Waals surface area (Å²) in [5.74, 6) is 0.0888. The third-order valence-corrected chi connectivity index (χ3v) is 3.16. The highest BCUT2D eigenvalue weighted by molar-refractivity contribution is 8.14. The van der Waals surface area contributed by atoms with Crippen LogP contribution >= 0.6 is 11.8 Å². The Labute approximate surface area is 103 Å². The van der Waals surface area contributed by atoms with E-state index in [4.69, 9.17) is 0 Å². The van der Waals surface area contributed by atoms with Gasteiger partial charge in [-0.15, -0.1) is 0 Å². The molecule has 88 valence electrons. The maximum Gasteiger partial charge on any atom is 0.352 e. The van der Waals surface area contributed by atoms with E-state index in [1.54, 1.807) is 0 Å². The highest BCUT2D eigenvalue weighted by Gasteiger charge is 2.22. The van der Waals surface area contributed by atoms with Gasteiger partial charge in [0.1, 0.15) is 0 Å². The number of benzene rings is 1. The molecule has 1 aromatic carbocycles. The number of fused-ring (bicyclic) bond motifs is 1. The Morgan fingerprint density at radius 1 is 1.41 bits per heavy atom. The molecule has 1 aromatic rings. The first-order valence-electron chi connectivity index (χ1n) is 4.98. The summed E-state index contributed by atoms with van der Waals surface area (Å²) in [6.45, 7) is 1.23. The van der Waals surface area contributed by atoms with Gasteiger partial charge in [0, 0.05) is 12.7 Å². The van der Waals surface area contributed by atoms with Crippen LogP contribution in [0.4, 0.5) is 0 Å². The fraction of sp³-hybridized carbons (Fsp3) is 0.167. The molecule has 0 bridgehead atoms. The van der Waals surface area contributed by atoms with Crippen molar-refractivity contribution in [3.63, 3.8) is 0 Å². The lowest BCUT2D eigenvalue weighted by Crippen LogP contribution is -2.08. The van der Waals surface area contributed by atoms with Crippen molar-refractivity contribution in [3.05, 3.63) is 41.7 Å². The van der Waals surface area contributed by atoms with E-state index >= 15 is 0 Å². The van der Waals surface area contributed by atoms with E-state index in [0.717, 1.165) is 11.1 Å². The Bertz CT molecular complexity index is 493. The lowest BCUT2D eigenvalue weighted by Gasteiger charge is -2.16. The van der Waals surface area contributed by atoms with E-state index in [9.17, 15) is 9.59 Å². The molecular weight excluding hydrogens is 240 g/mol. The van der Waals surface area contributed by atoms with Crippen LogP contribution in [0.1, 0.15) is 18.1 Å². The van der Waals surface area contributed by atoms with Gasteiger partial charge in [-0.05, 0) is 11.1 Å². The molecule has 1 aliphatic heterocycles. The molecule has 0 saturated carbocycles. The van der Waals surface area contributed by atoms with Crippen LogP contribution in [0, 0.1) is 0 Å². The molecule has 0 fully saturated rings. The fourth-order valence-electron chi connectivity index (χ4n) is 1.49. The average Bonchev–Trinajstić information content (AvgIpc) is 2.32. The van der Waals surface area contributed by atoms with Gasteiger partial charge in [-0.25, -0.2) is 4.79 Å². The van der Waals surface area contributed by atoms with Crippen LogP contribution in [-0.2, 0) is 25.1 Å². The monoisotopic (exact) mass is 250 g/mol. The van der Waals surface area contributed by atoms with Crippen LogP contribution < -0.4 is 0 Å². The second-order valence-electron chi connectivity index (χ2n) is 3.44. The van der Waals surface area contributed by atoms with Crippen molar-refractivity contribution in [2.75, 3.05) is 0 Å². The molecule has 0 saturated heterocycles. The van der Waals surface area contributed by atoms with Crippen molar-refractivity contribution >= 4 is 28.4 Å². The SMILES string of the molecule is CC(=O)OOC=C1C(=O)SCc2ccccc21. The Hall–Kier alpha value is -1.75. The standard InChI is InChI=1S/C12H10O4S/c1-8(13)16-15-6-11-10-5-3-2-4-9(10)7-17-12(11)14/h2-6H,7H2,1H3. The van der Waals surface area contributed by atoms with E-state index in [1.165, 1.54) is 24.9 Å². The van der Waals surface area contributed by atoms with Crippen LogP contribution in [-0.4, -0.2) is 11.1 Å². The second-order valence-corrected chi connectivity index (χ2v) is 4.38. The largest absolute Gasteiger partial charge is 0.352 e. The number of carbonyl (C=O) groups excluding carboxylic acids is 2. The summed E-state index contributed by atoms with van der Waals surface area (Å²) in [6.07, 6.45) is 1.18. The van der Waals surface area contributed by atoms with Crippen molar-refractivity contribution in [2.45, 2.75) is 12.7 Å². The van der Waals surface area contributed by atoms with E-state index in [2.05, 4.69) is 9.78 Å². The van der Waals surface area contributed by atoms with Gasteiger partial charge in [-0.2, -0.15) is 0 Å². The first-order valence-corrected chi connectivity index (χ1v) is 5.96. The molecule has 1 heterocycles. The number of rotatable bonds is 2. The third kappa shape index (κ3) is 2.68. The molecule has 0 atom stereocenters. The lowest BCUT2D eigenvalue weighted by molar-refractivity contribution is -0.235. The van der Waals surface area contributed by atoms with Gasteiger partial charge >= 0.3 is 5.97 Å². The smallest absolute Gasteiger partial charge is 0.294 e. The normalized spacial score (nSPS) is 16.5. The fourth-order valence-corrected chi connectivity index (χ4v) is 2.34. The minimum atomic E-state index is -0.564. The Kier molecular flexibility index (Phi) is 3.49. The van der Waals surface area contributed by atoms with Gasteiger partial charge in [0.05, 0.1) is 5.57 Å². The summed E-state index contributed by atoms with van der Waals surface area (Å²) in [6, 6.07) is 7.56. The highest BCUT2D eigenvalue weighted by Crippen LogP contribution is 2.33. The average molecular weight is 250 g/mol. The molecule has 4 nitrogen and oxygen atoms in total. The van der Waals surface area contributed by atoms with E-state index in [1.807, 2.05) is 24.3 Å². The van der Waals surface area contributed by atoms with Crippen molar-refractivity contribution in [2.24, 2.45) is 0 Å². The first kappa shape index (κ1) is 11.7. The summed E-state index contributed by atoms with van der Waals surface area (Å²) in [7, 11) is 0. The van der Waals surface area contributed by atoms with Gasteiger partial charge < -0.3 is 0 Å². The van der Waals surface area contributed by atoms with Crippen molar-refractivity contribution in [1.82, 2.24) is 0 Å². The molecule has 0 aromatic heterocycles. The van der Waals surface area contributed by atoms with E-state index in [0.29, 0.717) is 11.3 Å². The number of carbonyl (C=O) groups is 2. The zero-order valence-electron chi connectivity index (χ0n) is 9.14. The predicted molar refractivity (Wildman–Crippen MR) is 63.6 cm³/mol. The Balaban J connectivity index is 2.26. The maximum atomic E-state index is 11.7.